The van der Waals surface area contributed by atoms with Crippen LogP contribution in [0.25, 0.3) is 22.3 Å². The van der Waals surface area contributed by atoms with Crippen molar-refractivity contribution in [2.45, 2.75) is 70.6 Å². The molecule has 1 saturated carbocycles. The molecule has 2 N–H and O–H groups in total. The van der Waals surface area contributed by atoms with Crippen molar-refractivity contribution < 1.29 is 31.7 Å². The van der Waals surface area contributed by atoms with Gasteiger partial charge in [-0.05, 0) is 112 Å². The molecule has 1 saturated heterocycles. The predicted molar refractivity (Wildman–Crippen MR) is 172 cm³/mol. The lowest BCUT2D eigenvalue weighted by Gasteiger charge is -2.32. The number of rotatable bonds is 10. The summed E-state index contributed by atoms with van der Waals surface area (Å²) >= 11 is 3.51. The number of hydrogen-bond donors (Lipinski definition) is 1. The maximum absolute atomic E-state index is 15.2. The fourth-order valence-corrected chi connectivity index (χ4v) is 6.31. The molecule has 2 fully saturated rings. The van der Waals surface area contributed by atoms with Gasteiger partial charge in [-0.1, -0.05) is 23.7 Å². The van der Waals surface area contributed by atoms with Crippen molar-refractivity contribution in [1.29, 1.82) is 0 Å². The molecule has 6 rings (SSSR count). The zero-order chi connectivity index (χ0) is 32.3. The molecule has 4 aromatic rings. The Morgan fingerprint density at radius 3 is 2.33 bits per heavy atom. The lowest BCUT2D eigenvalue weighted by atomic mass is 9.78. The highest BCUT2D eigenvalue weighted by Crippen LogP contribution is 2.45. The SMILES string of the molecule is CC1(C)OB(c2ccc(CCN(Cc3cc4oc(-c5ccc(Cl)cc5)c(C(N)=O)c4cc3C3CC3)S(=O)[O-])cc2F)OC1(C)C. The molecule has 8 nitrogen and oxygen atoms in total. The number of fused-ring (bicyclic) bond motifs is 1. The fourth-order valence-electron chi connectivity index (χ4n) is 5.70. The van der Waals surface area contributed by atoms with Gasteiger partial charge in [0.05, 0.1) is 16.8 Å². The molecular formula is C33H34BClFN2O6S-. The molecule has 1 atom stereocenters. The molecule has 1 aliphatic heterocycles. The Bertz CT molecular complexity index is 1790. The Morgan fingerprint density at radius 2 is 1.76 bits per heavy atom. The molecule has 0 spiro atoms. The fraction of sp³-hybridized carbons (Fsp3) is 0.364. The summed E-state index contributed by atoms with van der Waals surface area (Å²) < 4.78 is 59.5. The van der Waals surface area contributed by atoms with E-state index in [1.54, 1.807) is 42.5 Å². The number of amides is 1. The molecule has 45 heavy (non-hydrogen) atoms. The summed E-state index contributed by atoms with van der Waals surface area (Å²) in [5.74, 6) is -0.505. The van der Waals surface area contributed by atoms with E-state index in [2.05, 4.69) is 0 Å². The summed E-state index contributed by atoms with van der Waals surface area (Å²) in [7, 11) is -0.831. The van der Waals surface area contributed by atoms with Crippen molar-refractivity contribution in [3.05, 3.63) is 87.7 Å². The molecule has 2 heterocycles. The van der Waals surface area contributed by atoms with Gasteiger partial charge in [0.1, 0.15) is 17.2 Å². The molecule has 1 amide bonds. The van der Waals surface area contributed by atoms with Crippen molar-refractivity contribution >= 4 is 52.3 Å². The van der Waals surface area contributed by atoms with E-state index in [0.29, 0.717) is 44.8 Å². The van der Waals surface area contributed by atoms with E-state index < -0.39 is 41.3 Å². The quantitative estimate of drug-likeness (QED) is 0.166. The first kappa shape index (κ1) is 31.9. The van der Waals surface area contributed by atoms with Crippen LogP contribution in [0.15, 0.2) is 59.0 Å². The van der Waals surface area contributed by atoms with E-state index in [4.69, 9.17) is 31.1 Å². The molecule has 0 radical (unpaired) electrons. The van der Waals surface area contributed by atoms with Gasteiger partial charge >= 0.3 is 7.12 Å². The Hall–Kier alpha value is -3.06. The minimum atomic E-state index is -2.55. The topological polar surface area (TPSA) is 118 Å². The number of nitrogens with zero attached hydrogens (tertiary/aromatic N) is 1. The third-order valence-electron chi connectivity index (χ3n) is 9.10. The highest BCUT2D eigenvalue weighted by atomic mass is 35.5. The first-order chi connectivity index (χ1) is 21.2. The maximum atomic E-state index is 15.2. The second-order valence-electron chi connectivity index (χ2n) is 12.8. The summed E-state index contributed by atoms with van der Waals surface area (Å²) in [5, 5.41) is 1.13. The molecule has 12 heteroatoms. The predicted octanol–water partition coefficient (Wildman–Crippen LogP) is 6.01. The summed E-state index contributed by atoms with van der Waals surface area (Å²) in [5.41, 5.74) is 8.66. The van der Waals surface area contributed by atoms with E-state index in [9.17, 15) is 13.6 Å². The van der Waals surface area contributed by atoms with Crippen molar-refractivity contribution in [2.24, 2.45) is 5.73 Å². The zero-order valence-electron chi connectivity index (χ0n) is 25.5. The van der Waals surface area contributed by atoms with Crippen LogP contribution >= 0.6 is 11.6 Å². The number of halogens is 2. The van der Waals surface area contributed by atoms with Crippen LogP contribution < -0.4 is 11.2 Å². The van der Waals surface area contributed by atoms with Gasteiger partial charge in [0.15, 0.2) is 0 Å². The highest BCUT2D eigenvalue weighted by Gasteiger charge is 2.52. The summed E-state index contributed by atoms with van der Waals surface area (Å²) in [6, 6.07) is 15.4. The van der Waals surface area contributed by atoms with Crippen LogP contribution in [-0.2, 0) is 33.5 Å². The number of benzene rings is 3. The van der Waals surface area contributed by atoms with E-state index in [-0.39, 0.29) is 24.6 Å². The van der Waals surface area contributed by atoms with Crippen LogP contribution in [0, 0.1) is 5.82 Å². The first-order valence-corrected chi connectivity index (χ1v) is 16.3. The molecule has 1 aromatic heterocycles. The van der Waals surface area contributed by atoms with Gasteiger partial charge in [0.2, 0.25) is 0 Å². The maximum Gasteiger partial charge on any atom is 0.497 e. The third kappa shape index (κ3) is 6.34. The van der Waals surface area contributed by atoms with Gasteiger partial charge in [0, 0.05) is 45.8 Å². The van der Waals surface area contributed by atoms with Gasteiger partial charge in [-0.15, -0.1) is 0 Å². The molecule has 0 bridgehead atoms. The van der Waals surface area contributed by atoms with E-state index >= 15 is 4.39 Å². The van der Waals surface area contributed by atoms with Crippen molar-refractivity contribution in [2.75, 3.05) is 6.54 Å². The standard InChI is InChI=1S/C33H35BClFN2O6S/c1-32(2)33(3,4)44-34(43-32)26-12-5-19(15-27(26)36)13-14-38(45(40)41)18-22-16-28-25(17-24(22)20-6-7-20)29(31(37)39)30(42-28)21-8-10-23(35)11-9-21/h5,8-12,15-17,20H,6-7,13-14,18H2,1-4H3,(H2,37,39)(H,40,41)/p-1. The number of furan rings is 1. The zero-order valence-corrected chi connectivity index (χ0v) is 27.1. The summed E-state index contributed by atoms with van der Waals surface area (Å²) in [6.07, 6.45) is 2.21. The monoisotopic (exact) mass is 651 g/mol. The average molecular weight is 652 g/mol. The van der Waals surface area contributed by atoms with Crippen LogP contribution in [0.3, 0.4) is 0 Å². The largest absolute Gasteiger partial charge is 0.760 e. The second kappa shape index (κ2) is 11.9. The Balaban J connectivity index is 1.25. The van der Waals surface area contributed by atoms with Gasteiger partial charge in [-0.3, -0.25) is 9.00 Å². The number of primary amides is 1. The number of nitrogens with two attached hydrogens (primary N) is 1. The van der Waals surface area contributed by atoms with Crippen molar-refractivity contribution in [3.8, 4) is 11.3 Å². The van der Waals surface area contributed by atoms with Gasteiger partial charge in [-0.2, -0.15) is 0 Å². The van der Waals surface area contributed by atoms with Crippen LogP contribution in [0.4, 0.5) is 4.39 Å². The third-order valence-corrected chi connectivity index (χ3v) is 10.1. The number of hydrogen-bond acceptors (Lipinski definition) is 6. The molecule has 236 valence electrons. The lowest BCUT2D eigenvalue weighted by Crippen LogP contribution is -2.41. The summed E-state index contributed by atoms with van der Waals surface area (Å²) in [4.78, 5) is 12.6. The average Bonchev–Trinajstić information content (AvgIpc) is 3.69. The van der Waals surface area contributed by atoms with E-state index in [1.807, 2.05) is 33.8 Å². The Kier molecular flexibility index (Phi) is 8.47. The molecule has 1 aliphatic carbocycles. The Morgan fingerprint density at radius 1 is 1.09 bits per heavy atom. The molecule has 3 aromatic carbocycles. The molecule has 2 aliphatic rings. The van der Waals surface area contributed by atoms with Crippen LogP contribution in [0.2, 0.25) is 5.02 Å². The highest BCUT2D eigenvalue weighted by molar-refractivity contribution is 7.76. The molecule has 1 unspecified atom stereocenters. The van der Waals surface area contributed by atoms with E-state index in [1.165, 1.54) is 10.4 Å². The summed E-state index contributed by atoms with van der Waals surface area (Å²) in [6.45, 7) is 7.85. The van der Waals surface area contributed by atoms with Crippen molar-refractivity contribution in [3.63, 3.8) is 0 Å². The smallest absolute Gasteiger partial charge is 0.497 e. The molecular weight excluding hydrogens is 618 g/mol. The van der Waals surface area contributed by atoms with Gasteiger partial charge in [0.25, 0.3) is 5.91 Å². The van der Waals surface area contributed by atoms with E-state index in [0.717, 1.165) is 24.0 Å². The van der Waals surface area contributed by atoms with Crippen LogP contribution in [-0.4, -0.2) is 43.8 Å². The van der Waals surface area contributed by atoms with Crippen LogP contribution in [0.1, 0.15) is 73.5 Å². The number of carbonyl (C=O) groups excluding carboxylic acids is 1. The minimum Gasteiger partial charge on any atom is -0.760 e. The van der Waals surface area contributed by atoms with Gasteiger partial charge in [-0.25, -0.2) is 8.70 Å². The van der Waals surface area contributed by atoms with Crippen LogP contribution in [0.5, 0.6) is 0 Å². The van der Waals surface area contributed by atoms with Crippen molar-refractivity contribution in [1.82, 2.24) is 4.31 Å². The number of carbonyl (C=O) groups is 1. The lowest BCUT2D eigenvalue weighted by molar-refractivity contribution is 0.00578. The van der Waals surface area contributed by atoms with Gasteiger partial charge < -0.3 is 24.0 Å². The Labute approximate surface area is 269 Å². The normalized spacial score (nSPS) is 18.2. The first-order valence-electron chi connectivity index (χ1n) is 14.9. The minimum absolute atomic E-state index is 0.0925. The second-order valence-corrected chi connectivity index (χ2v) is 14.2.